The SMILES string of the molecule is O=C(CCCC[C@H]1SC[C@H]2NC(=O)N[C@H]21)NCCOCCOCCNC(=O)C1CC2C=CC1C2. The van der Waals surface area contributed by atoms with Crippen LogP contribution in [0.2, 0.25) is 0 Å². The van der Waals surface area contributed by atoms with E-state index in [4.69, 9.17) is 9.47 Å². The van der Waals surface area contributed by atoms with E-state index in [-0.39, 0.29) is 35.8 Å². The van der Waals surface area contributed by atoms with Gasteiger partial charge in [0.25, 0.3) is 0 Å². The summed E-state index contributed by atoms with van der Waals surface area (Å²) in [6, 6.07) is 0.434. The lowest BCUT2D eigenvalue weighted by Gasteiger charge is -2.17. The van der Waals surface area contributed by atoms with Gasteiger partial charge in [-0.05, 0) is 37.5 Å². The molecule has 0 aromatic rings. The maximum absolute atomic E-state index is 12.2. The highest BCUT2D eigenvalue weighted by Crippen LogP contribution is 2.43. The fraction of sp³-hybridized carbons (Fsp3) is 0.792. The van der Waals surface area contributed by atoms with Gasteiger partial charge in [-0.25, -0.2) is 4.79 Å². The summed E-state index contributed by atoms with van der Waals surface area (Å²) in [6.45, 7) is 2.89. The predicted molar refractivity (Wildman–Crippen MR) is 130 cm³/mol. The molecule has 4 amide bonds. The summed E-state index contributed by atoms with van der Waals surface area (Å²) >= 11 is 1.91. The number of allylic oxidation sites excluding steroid dienone is 2. The molecule has 2 saturated heterocycles. The Bertz CT molecular complexity index is 751. The fourth-order valence-corrected chi connectivity index (χ4v) is 6.95. The molecule has 2 heterocycles. The van der Waals surface area contributed by atoms with E-state index >= 15 is 0 Å². The Balaban J connectivity index is 0.902. The highest BCUT2D eigenvalue weighted by molar-refractivity contribution is 8.00. The molecule has 0 radical (unpaired) electrons. The number of hydrogen-bond acceptors (Lipinski definition) is 6. The lowest BCUT2D eigenvalue weighted by molar-refractivity contribution is -0.126. The van der Waals surface area contributed by atoms with E-state index in [9.17, 15) is 14.4 Å². The van der Waals surface area contributed by atoms with Gasteiger partial charge in [0, 0.05) is 36.4 Å². The Labute approximate surface area is 205 Å². The van der Waals surface area contributed by atoms with Crippen LogP contribution in [0.1, 0.15) is 38.5 Å². The van der Waals surface area contributed by atoms with Crippen molar-refractivity contribution in [2.24, 2.45) is 17.8 Å². The molecule has 6 atom stereocenters. The molecule has 1 saturated carbocycles. The topological polar surface area (TPSA) is 118 Å². The summed E-state index contributed by atoms with van der Waals surface area (Å²) in [4.78, 5) is 35.6. The quantitative estimate of drug-likeness (QED) is 0.154. The van der Waals surface area contributed by atoms with Gasteiger partial charge in [-0.15, -0.1) is 0 Å². The Hall–Kier alpha value is -1.78. The van der Waals surface area contributed by atoms with E-state index in [0.717, 1.165) is 37.9 Å². The zero-order valence-electron chi connectivity index (χ0n) is 19.8. The second-order valence-electron chi connectivity index (χ2n) is 9.62. The number of nitrogens with one attached hydrogen (secondary N) is 4. The second-order valence-corrected chi connectivity index (χ2v) is 10.9. The molecule has 9 nitrogen and oxygen atoms in total. The molecule has 2 aliphatic carbocycles. The largest absolute Gasteiger partial charge is 0.377 e. The van der Waals surface area contributed by atoms with Crippen LogP contribution >= 0.6 is 11.8 Å². The number of ether oxygens (including phenoxy) is 2. The van der Waals surface area contributed by atoms with Crippen molar-refractivity contribution < 1.29 is 23.9 Å². The standard InChI is InChI=1S/C24H38N4O5S/c29-21(4-2-1-3-20-22-19(15-34-20)27-24(31)28-22)25-7-9-32-11-12-33-10-8-26-23(30)18-14-16-5-6-17(18)13-16/h5-6,16-20,22H,1-4,7-15H2,(H,25,29)(H,26,30)(H2,27,28,31)/t16?,17?,18?,19-,20-,22-/m1/s1. The van der Waals surface area contributed by atoms with E-state index < -0.39 is 0 Å². The van der Waals surface area contributed by atoms with Crippen molar-refractivity contribution in [1.29, 1.82) is 0 Å². The third kappa shape index (κ3) is 7.11. The molecule has 4 N–H and O–H groups in total. The fourth-order valence-electron chi connectivity index (χ4n) is 5.41. The summed E-state index contributed by atoms with van der Waals surface area (Å²) < 4.78 is 11.0. The molecule has 2 aliphatic heterocycles. The van der Waals surface area contributed by atoms with Crippen molar-refractivity contribution in [3.8, 4) is 0 Å². The van der Waals surface area contributed by atoms with Gasteiger partial charge in [0.05, 0.1) is 38.5 Å². The van der Waals surface area contributed by atoms with Crippen molar-refractivity contribution in [2.75, 3.05) is 45.3 Å². The Kier molecular flexibility index (Phi) is 9.52. The molecule has 34 heavy (non-hydrogen) atoms. The minimum Gasteiger partial charge on any atom is -0.377 e. The molecule has 0 spiro atoms. The van der Waals surface area contributed by atoms with Crippen LogP contribution in [-0.4, -0.2) is 80.4 Å². The van der Waals surface area contributed by atoms with Crippen LogP contribution in [0.5, 0.6) is 0 Å². The van der Waals surface area contributed by atoms with E-state index in [1.165, 1.54) is 0 Å². The highest BCUT2D eigenvalue weighted by Gasteiger charge is 2.42. The molecule has 0 aromatic heterocycles. The summed E-state index contributed by atoms with van der Waals surface area (Å²) in [7, 11) is 0. The summed E-state index contributed by atoms with van der Waals surface area (Å²) in [5.74, 6) is 2.34. The average molecular weight is 495 g/mol. The van der Waals surface area contributed by atoms with E-state index in [1.807, 2.05) is 11.8 Å². The van der Waals surface area contributed by atoms with E-state index in [1.54, 1.807) is 0 Å². The van der Waals surface area contributed by atoms with Crippen LogP contribution in [0.25, 0.3) is 0 Å². The third-order valence-corrected chi connectivity index (χ3v) is 8.69. The van der Waals surface area contributed by atoms with Crippen LogP contribution in [-0.2, 0) is 19.1 Å². The predicted octanol–water partition coefficient (Wildman–Crippen LogP) is 1.19. The summed E-state index contributed by atoms with van der Waals surface area (Å²) in [5.41, 5.74) is 0. The van der Waals surface area contributed by atoms with Gasteiger partial charge in [-0.3, -0.25) is 9.59 Å². The van der Waals surface area contributed by atoms with E-state index in [2.05, 4.69) is 33.4 Å². The minimum absolute atomic E-state index is 0.0503. The van der Waals surface area contributed by atoms with Gasteiger partial charge in [0.2, 0.25) is 11.8 Å². The number of carbonyl (C=O) groups excluding carboxylic acids is 3. The first-order valence-electron chi connectivity index (χ1n) is 12.7. The lowest BCUT2D eigenvalue weighted by Crippen LogP contribution is -2.36. The first kappa shape index (κ1) is 25.3. The molecule has 2 bridgehead atoms. The maximum Gasteiger partial charge on any atom is 0.315 e. The first-order chi connectivity index (χ1) is 16.6. The number of rotatable bonds is 15. The van der Waals surface area contributed by atoms with Gasteiger partial charge in [-0.1, -0.05) is 18.6 Å². The molecule has 190 valence electrons. The van der Waals surface area contributed by atoms with Crippen LogP contribution in [0.3, 0.4) is 0 Å². The van der Waals surface area contributed by atoms with Crippen molar-refractivity contribution in [3.05, 3.63) is 12.2 Å². The molecule has 3 unspecified atom stereocenters. The second kappa shape index (κ2) is 12.8. The minimum atomic E-state index is -0.0547. The zero-order valence-corrected chi connectivity index (χ0v) is 20.6. The van der Waals surface area contributed by atoms with Gasteiger partial charge in [-0.2, -0.15) is 11.8 Å². The maximum atomic E-state index is 12.2. The van der Waals surface area contributed by atoms with Gasteiger partial charge < -0.3 is 30.7 Å². The normalized spacial score (nSPS) is 30.8. The molecule has 4 aliphatic rings. The first-order valence-corrected chi connectivity index (χ1v) is 13.7. The van der Waals surface area contributed by atoms with Gasteiger partial charge >= 0.3 is 6.03 Å². The van der Waals surface area contributed by atoms with E-state index in [0.29, 0.717) is 63.0 Å². The van der Waals surface area contributed by atoms with Crippen molar-refractivity contribution in [2.45, 2.75) is 55.9 Å². The van der Waals surface area contributed by atoms with Gasteiger partial charge in [0.1, 0.15) is 0 Å². The third-order valence-electron chi connectivity index (χ3n) is 7.18. The Morgan fingerprint density at radius 3 is 2.53 bits per heavy atom. The monoisotopic (exact) mass is 494 g/mol. The number of fused-ring (bicyclic) bond motifs is 3. The lowest BCUT2D eigenvalue weighted by atomic mass is 9.93. The smallest absolute Gasteiger partial charge is 0.315 e. The van der Waals surface area contributed by atoms with Crippen LogP contribution in [0.4, 0.5) is 4.79 Å². The number of hydrogen-bond donors (Lipinski definition) is 4. The number of carbonyl (C=O) groups is 3. The van der Waals surface area contributed by atoms with Crippen molar-refractivity contribution in [3.63, 3.8) is 0 Å². The number of urea groups is 1. The van der Waals surface area contributed by atoms with Crippen LogP contribution < -0.4 is 21.3 Å². The van der Waals surface area contributed by atoms with Crippen LogP contribution in [0.15, 0.2) is 12.2 Å². The number of amides is 4. The molecule has 0 aromatic carbocycles. The van der Waals surface area contributed by atoms with Crippen molar-refractivity contribution in [1.82, 2.24) is 21.3 Å². The Morgan fingerprint density at radius 1 is 1.00 bits per heavy atom. The summed E-state index contributed by atoms with van der Waals surface area (Å²) in [6.07, 6.45) is 9.92. The molecule has 4 rings (SSSR count). The molecular formula is C24H38N4O5S. The summed E-state index contributed by atoms with van der Waals surface area (Å²) in [5, 5.41) is 12.3. The average Bonchev–Trinajstić information content (AvgIpc) is 3.60. The van der Waals surface area contributed by atoms with Gasteiger partial charge in [0.15, 0.2) is 0 Å². The highest BCUT2D eigenvalue weighted by atomic mass is 32.2. The Morgan fingerprint density at radius 2 is 1.79 bits per heavy atom. The molecular weight excluding hydrogens is 456 g/mol. The van der Waals surface area contributed by atoms with Crippen molar-refractivity contribution >= 4 is 29.6 Å². The molecule has 10 heteroatoms. The molecule has 3 fully saturated rings. The number of unbranched alkanes of at least 4 members (excludes halogenated alkanes) is 1. The zero-order chi connectivity index (χ0) is 23.8. The van der Waals surface area contributed by atoms with Crippen LogP contribution in [0, 0.1) is 17.8 Å². The number of thioether (sulfide) groups is 1.